The van der Waals surface area contributed by atoms with Crippen LogP contribution >= 0.6 is 11.6 Å². The lowest BCUT2D eigenvalue weighted by Gasteiger charge is -2.21. The van der Waals surface area contributed by atoms with E-state index in [1.54, 1.807) is 12.1 Å². The molecule has 1 fully saturated rings. The number of anilines is 3. The van der Waals surface area contributed by atoms with Gasteiger partial charge in [0.1, 0.15) is 6.04 Å². The summed E-state index contributed by atoms with van der Waals surface area (Å²) in [6, 6.07) is 20.1. The third kappa shape index (κ3) is 4.70. The topological polar surface area (TPSA) is 81.7 Å². The number of carbonyl (C=O) groups excluding carboxylic acids is 1. The number of aryl methyl sites for hydroxylation is 1. The fourth-order valence-corrected chi connectivity index (χ4v) is 4.16. The van der Waals surface area contributed by atoms with Crippen LogP contribution in [0.2, 0.25) is 5.02 Å². The minimum atomic E-state index is -0.970. The number of hydrogen-bond donors (Lipinski definition) is 3. The first-order valence-electron chi connectivity index (χ1n) is 10.5. The summed E-state index contributed by atoms with van der Waals surface area (Å²) < 4.78 is 0. The van der Waals surface area contributed by atoms with E-state index in [-0.39, 0.29) is 0 Å². The zero-order valence-corrected chi connectivity index (χ0v) is 18.4. The molecule has 0 radical (unpaired) electrons. The maximum absolute atomic E-state index is 12.4. The van der Waals surface area contributed by atoms with Gasteiger partial charge in [0.15, 0.2) is 0 Å². The van der Waals surface area contributed by atoms with E-state index in [9.17, 15) is 14.7 Å². The van der Waals surface area contributed by atoms with E-state index in [1.165, 1.54) is 10.5 Å². The van der Waals surface area contributed by atoms with E-state index in [0.29, 0.717) is 30.1 Å². The summed E-state index contributed by atoms with van der Waals surface area (Å²) >= 11 is 6.52. The van der Waals surface area contributed by atoms with Crippen LogP contribution in [0.15, 0.2) is 66.7 Å². The maximum Gasteiger partial charge on any atom is 0.326 e. The molecule has 164 valence electrons. The van der Waals surface area contributed by atoms with E-state index < -0.39 is 18.0 Å². The Kier molecular flexibility index (Phi) is 6.32. The van der Waals surface area contributed by atoms with Gasteiger partial charge in [0, 0.05) is 17.9 Å². The van der Waals surface area contributed by atoms with Crippen LogP contribution in [0.25, 0.3) is 11.1 Å². The van der Waals surface area contributed by atoms with E-state index in [0.717, 1.165) is 22.5 Å². The Bertz CT molecular complexity index is 1150. The molecule has 0 bridgehead atoms. The number of carboxylic acid groups (broad SMARTS) is 1. The Labute approximate surface area is 191 Å². The average Bonchev–Trinajstić information content (AvgIpc) is 3.27. The third-order valence-electron chi connectivity index (χ3n) is 5.64. The number of nitrogens with zero attached hydrogens (tertiary/aromatic N) is 1. The molecule has 0 spiro atoms. The van der Waals surface area contributed by atoms with Gasteiger partial charge in [0.2, 0.25) is 0 Å². The minimum absolute atomic E-state index is 0.398. The summed E-state index contributed by atoms with van der Waals surface area (Å²) in [7, 11) is 0. The van der Waals surface area contributed by atoms with Crippen molar-refractivity contribution >= 4 is 40.7 Å². The molecule has 1 aliphatic heterocycles. The van der Waals surface area contributed by atoms with Crippen LogP contribution in [0.4, 0.5) is 21.9 Å². The average molecular weight is 450 g/mol. The highest BCUT2D eigenvalue weighted by atomic mass is 35.5. The number of hydrogen-bond acceptors (Lipinski definition) is 3. The molecule has 2 amide bonds. The predicted octanol–water partition coefficient (Wildman–Crippen LogP) is 6.14. The van der Waals surface area contributed by atoms with Gasteiger partial charge in [-0.1, -0.05) is 41.9 Å². The minimum Gasteiger partial charge on any atom is -0.480 e. The predicted molar refractivity (Wildman–Crippen MR) is 128 cm³/mol. The second kappa shape index (κ2) is 9.32. The van der Waals surface area contributed by atoms with Crippen molar-refractivity contribution in [1.29, 1.82) is 0 Å². The summed E-state index contributed by atoms with van der Waals surface area (Å²) in [5.74, 6) is -0.970. The van der Waals surface area contributed by atoms with Crippen LogP contribution in [0.3, 0.4) is 0 Å². The molecule has 6 nitrogen and oxygen atoms in total. The SMILES string of the molecule is Cc1ccccc1-c1ccc(Nc2ccc(NC(=O)N3CCCC3C(=O)O)cc2)c(Cl)c1. The lowest BCUT2D eigenvalue weighted by Crippen LogP contribution is -2.42. The first-order chi connectivity index (χ1) is 15.4. The van der Waals surface area contributed by atoms with Crippen molar-refractivity contribution in [3.63, 3.8) is 0 Å². The highest BCUT2D eigenvalue weighted by Crippen LogP contribution is 2.32. The largest absolute Gasteiger partial charge is 0.480 e. The van der Waals surface area contributed by atoms with Gasteiger partial charge in [-0.15, -0.1) is 0 Å². The van der Waals surface area contributed by atoms with Crippen LogP contribution < -0.4 is 10.6 Å². The monoisotopic (exact) mass is 449 g/mol. The molecule has 1 heterocycles. The number of carbonyl (C=O) groups is 2. The van der Waals surface area contributed by atoms with E-state index in [2.05, 4.69) is 29.7 Å². The Morgan fingerprint density at radius 2 is 1.75 bits per heavy atom. The van der Waals surface area contributed by atoms with Crippen LogP contribution in [0.1, 0.15) is 18.4 Å². The zero-order chi connectivity index (χ0) is 22.7. The molecule has 3 N–H and O–H groups in total. The number of urea groups is 1. The van der Waals surface area contributed by atoms with E-state index >= 15 is 0 Å². The number of aliphatic carboxylic acids is 1. The second-order valence-electron chi connectivity index (χ2n) is 7.83. The first-order valence-corrected chi connectivity index (χ1v) is 10.8. The van der Waals surface area contributed by atoms with E-state index in [1.807, 2.05) is 42.5 Å². The smallest absolute Gasteiger partial charge is 0.326 e. The van der Waals surface area contributed by atoms with Gasteiger partial charge in [-0.25, -0.2) is 9.59 Å². The van der Waals surface area contributed by atoms with Crippen molar-refractivity contribution in [1.82, 2.24) is 4.90 Å². The summed E-state index contributed by atoms with van der Waals surface area (Å²) in [4.78, 5) is 25.1. The summed E-state index contributed by atoms with van der Waals surface area (Å²) in [6.07, 6.45) is 1.17. The normalized spacial score (nSPS) is 15.4. The molecular formula is C25H24ClN3O3. The molecule has 4 rings (SSSR count). The van der Waals surface area contributed by atoms with Gasteiger partial charge in [-0.05, 0) is 72.9 Å². The Balaban J connectivity index is 1.42. The third-order valence-corrected chi connectivity index (χ3v) is 5.95. The van der Waals surface area contributed by atoms with Crippen molar-refractivity contribution in [3.8, 4) is 11.1 Å². The van der Waals surface area contributed by atoms with Gasteiger partial charge in [0.05, 0.1) is 10.7 Å². The Morgan fingerprint density at radius 1 is 1.03 bits per heavy atom. The molecule has 3 aromatic rings. The quantitative estimate of drug-likeness (QED) is 0.437. The maximum atomic E-state index is 12.4. The van der Waals surface area contributed by atoms with Crippen molar-refractivity contribution in [2.45, 2.75) is 25.8 Å². The Morgan fingerprint density at radius 3 is 2.44 bits per heavy atom. The molecule has 0 aromatic heterocycles. The van der Waals surface area contributed by atoms with Gasteiger partial charge in [0.25, 0.3) is 0 Å². The van der Waals surface area contributed by atoms with Crippen LogP contribution in [0.5, 0.6) is 0 Å². The number of halogens is 1. The molecular weight excluding hydrogens is 426 g/mol. The number of benzene rings is 3. The van der Waals surface area contributed by atoms with Gasteiger partial charge in [-0.3, -0.25) is 0 Å². The summed E-state index contributed by atoms with van der Waals surface area (Å²) in [5.41, 5.74) is 5.57. The molecule has 0 saturated carbocycles. The molecule has 1 unspecified atom stereocenters. The molecule has 3 aromatic carbocycles. The molecule has 1 atom stereocenters. The Hall–Kier alpha value is -3.51. The highest BCUT2D eigenvalue weighted by Gasteiger charge is 2.33. The van der Waals surface area contributed by atoms with Crippen LogP contribution in [-0.2, 0) is 4.79 Å². The standard InChI is InChI=1S/C25H24ClN3O3/c1-16-5-2-3-6-20(16)17-8-13-22(21(26)15-17)27-18-9-11-19(12-10-18)28-25(32)29-14-4-7-23(29)24(30)31/h2-3,5-6,8-13,15,23,27H,4,7,14H2,1H3,(H,28,32)(H,30,31). The fourth-order valence-electron chi connectivity index (χ4n) is 3.94. The van der Waals surface area contributed by atoms with Crippen molar-refractivity contribution in [2.24, 2.45) is 0 Å². The fraction of sp³-hybridized carbons (Fsp3) is 0.200. The van der Waals surface area contributed by atoms with Crippen LogP contribution in [-0.4, -0.2) is 34.6 Å². The number of rotatable bonds is 5. The summed E-state index contributed by atoms with van der Waals surface area (Å²) in [6.45, 7) is 2.51. The highest BCUT2D eigenvalue weighted by molar-refractivity contribution is 6.33. The molecule has 1 aliphatic rings. The molecule has 32 heavy (non-hydrogen) atoms. The number of nitrogens with one attached hydrogen (secondary N) is 2. The van der Waals surface area contributed by atoms with Gasteiger partial charge >= 0.3 is 12.0 Å². The lowest BCUT2D eigenvalue weighted by molar-refractivity contribution is -0.141. The summed E-state index contributed by atoms with van der Waals surface area (Å²) in [5, 5.41) is 15.9. The lowest BCUT2D eigenvalue weighted by atomic mass is 10.0. The zero-order valence-electron chi connectivity index (χ0n) is 17.6. The molecule has 7 heteroatoms. The van der Waals surface area contributed by atoms with Crippen molar-refractivity contribution in [2.75, 3.05) is 17.2 Å². The number of carboxylic acids is 1. The second-order valence-corrected chi connectivity index (χ2v) is 8.24. The van der Waals surface area contributed by atoms with E-state index in [4.69, 9.17) is 11.6 Å². The number of amides is 2. The van der Waals surface area contributed by atoms with Crippen molar-refractivity contribution in [3.05, 3.63) is 77.3 Å². The van der Waals surface area contributed by atoms with Crippen LogP contribution in [0, 0.1) is 6.92 Å². The molecule has 1 saturated heterocycles. The number of likely N-dealkylation sites (tertiary alicyclic amines) is 1. The first kappa shape index (κ1) is 21.7. The van der Waals surface area contributed by atoms with Gasteiger partial charge < -0.3 is 20.6 Å². The van der Waals surface area contributed by atoms with Gasteiger partial charge in [-0.2, -0.15) is 0 Å². The van der Waals surface area contributed by atoms with Crippen molar-refractivity contribution < 1.29 is 14.7 Å². The molecule has 0 aliphatic carbocycles.